The summed E-state index contributed by atoms with van der Waals surface area (Å²) in [5, 5.41) is 0. The van der Waals surface area contributed by atoms with E-state index in [4.69, 9.17) is 5.73 Å². The third-order valence-electron chi connectivity index (χ3n) is 5.92. The second-order valence-electron chi connectivity index (χ2n) is 6.96. The van der Waals surface area contributed by atoms with Crippen LogP contribution in [0, 0.1) is 5.92 Å². The van der Waals surface area contributed by atoms with Gasteiger partial charge >= 0.3 is 0 Å². The van der Waals surface area contributed by atoms with Crippen molar-refractivity contribution < 1.29 is 0 Å². The average molecular weight is 266 g/mol. The molecule has 0 spiro atoms. The van der Waals surface area contributed by atoms with Crippen LogP contribution in [0.2, 0.25) is 0 Å². The van der Waals surface area contributed by atoms with Crippen LogP contribution in [0.5, 0.6) is 0 Å². The van der Waals surface area contributed by atoms with Crippen molar-refractivity contribution in [2.45, 2.75) is 38.3 Å². The Bertz CT molecular complexity index is 311. The molecular weight excluding hydrogens is 236 g/mol. The van der Waals surface area contributed by atoms with Crippen LogP contribution in [0.15, 0.2) is 0 Å². The summed E-state index contributed by atoms with van der Waals surface area (Å²) in [5.74, 6) is 0.817. The number of nitrogens with zero attached hydrogens (tertiary/aromatic N) is 3. The summed E-state index contributed by atoms with van der Waals surface area (Å²) < 4.78 is 0. The molecule has 3 heterocycles. The van der Waals surface area contributed by atoms with E-state index in [1.165, 1.54) is 58.7 Å². The zero-order valence-electron chi connectivity index (χ0n) is 12.6. The van der Waals surface area contributed by atoms with Gasteiger partial charge < -0.3 is 10.6 Å². The molecule has 3 rings (SSSR count). The maximum atomic E-state index is 6.27. The van der Waals surface area contributed by atoms with Gasteiger partial charge in [0.1, 0.15) is 0 Å². The quantitative estimate of drug-likeness (QED) is 0.804. The molecule has 2 bridgehead atoms. The van der Waals surface area contributed by atoms with Crippen molar-refractivity contribution in [1.82, 2.24) is 14.7 Å². The Morgan fingerprint density at radius 1 is 1.11 bits per heavy atom. The van der Waals surface area contributed by atoms with Gasteiger partial charge in [0.15, 0.2) is 0 Å². The summed E-state index contributed by atoms with van der Waals surface area (Å²) in [7, 11) is 0. The highest BCUT2D eigenvalue weighted by Crippen LogP contribution is 2.39. The number of piperidine rings is 1. The first-order chi connectivity index (χ1) is 9.15. The average Bonchev–Trinajstić information content (AvgIpc) is 2.84. The van der Waals surface area contributed by atoms with Gasteiger partial charge in [0.05, 0.1) is 0 Å². The lowest BCUT2D eigenvalue weighted by Crippen LogP contribution is -2.66. The van der Waals surface area contributed by atoms with Crippen LogP contribution in [-0.2, 0) is 0 Å². The second-order valence-corrected chi connectivity index (χ2v) is 6.96. The first-order valence-electron chi connectivity index (χ1n) is 8.07. The largest absolute Gasteiger partial charge is 0.329 e. The number of nitrogens with two attached hydrogens (primary N) is 1. The van der Waals surface area contributed by atoms with Gasteiger partial charge in [0, 0.05) is 50.8 Å². The second kappa shape index (κ2) is 5.32. The lowest BCUT2D eigenvalue weighted by atomic mass is 9.77. The highest BCUT2D eigenvalue weighted by atomic mass is 15.3. The lowest BCUT2D eigenvalue weighted by Gasteiger charge is -2.53. The molecule has 0 amide bonds. The van der Waals surface area contributed by atoms with E-state index in [9.17, 15) is 0 Å². The minimum absolute atomic E-state index is 0.316. The zero-order chi connectivity index (χ0) is 13.5. The summed E-state index contributed by atoms with van der Waals surface area (Å²) in [6.45, 7) is 14.2. The minimum atomic E-state index is 0.316. The Morgan fingerprint density at radius 3 is 2.47 bits per heavy atom. The van der Waals surface area contributed by atoms with E-state index in [-0.39, 0.29) is 0 Å². The highest BCUT2D eigenvalue weighted by Gasteiger charge is 2.49. The lowest BCUT2D eigenvalue weighted by molar-refractivity contribution is -0.0274. The number of rotatable bonds is 3. The van der Waals surface area contributed by atoms with E-state index < -0.39 is 0 Å². The monoisotopic (exact) mass is 266 g/mol. The fourth-order valence-electron chi connectivity index (χ4n) is 4.53. The van der Waals surface area contributed by atoms with Crippen molar-refractivity contribution in [3.05, 3.63) is 0 Å². The van der Waals surface area contributed by atoms with Crippen LogP contribution in [0.25, 0.3) is 0 Å². The molecule has 3 saturated heterocycles. The molecule has 3 aliphatic heterocycles. The van der Waals surface area contributed by atoms with Crippen LogP contribution in [0.1, 0.15) is 26.7 Å². The van der Waals surface area contributed by atoms with E-state index in [0.717, 1.165) is 12.5 Å². The zero-order valence-corrected chi connectivity index (χ0v) is 12.6. The first-order valence-corrected chi connectivity index (χ1v) is 8.07. The molecular formula is C15H30N4. The van der Waals surface area contributed by atoms with Gasteiger partial charge in [-0.05, 0) is 45.7 Å². The predicted molar refractivity (Wildman–Crippen MR) is 79.2 cm³/mol. The predicted octanol–water partition coefficient (Wildman–Crippen LogP) is 0.436. The molecule has 2 N–H and O–H groups in total. The molecule has 4 heteroatoms. The maximum Gasteiger partial charge on any atom is 0.0385 e. The van der Waals surface area contributed by atoms with Crippen molar-refractivity contribution in [1.29, 1.82) is 0 Å². The van der Waals surface area contributed by atoms with Crippen LogP contribution in [-0.4, -0.2) is 78.6 Å². The summed E-state index contributed by atoms with van der Waals surface area (Å²) in [6, 6.07) is 0.685. The molecule has 0 aliphatic carbocycles. The van der Waals surface area contributed by atoms with Gasteiger partial charge in [0.25, 0.3) is 0 Å². The minimum Gasteiger partial charge on any atom is -0.329 e. The van der Waals surface area contributed by atoms with Crippen LogP contribution >= 0.6 is 0 Å². The number of hydrogen-bond acceptors (Lipinski definition) is 4. The Balaban J connectivity index is 1.69. The molecule has 4 nitrogen and oxygen atoms in total. The van der Waals surface area contributed by atoms with E-state index in [2.05, 4.69) is 28.5 Å². The van der Waals surface area contributed by atoms with Crippen molar-refractivity contribution in [2.24, 2.45) is 11.7 Å². The van der Waals surface area contributed by atoms with Gasteiger partial charge in [-0.1, -0.05) is 0 Å². The molecule has 3 unspecified atom stereocenters. The Morgan fingerprint density at radius 2 is 1.84 bits per heavy atom. The summed E-state index contributed by atoms with van der Waals surface area (Å²) in [4.78, 5) is 7.98. The molecule has 19 heavy (non-hydrogen) atoms. The van der Waals surface area contributed by atoms with Crippen molar-refractivity contribution in [3.63, 3.8) is 0 Å². The standard InChI is InChI=1S/C15H30N4/c1-13(2)18-7-9-19(10-8-18)15(12-16)4-6-17-5-3-14(15)11-17/h13-14H,3-12,16H2,1-2H3. The molecule has 0 radical (unpaired) electrons. The van der Waals surface area contributed by atoms with Crippen molar-refractivity contribution >= 4 is 0 Å². The molecule has 0 aromatic heterocycles. The molecule has 110 valence electrons. The Labute approximate surface area is 117 Å². The van der Waals surface area contributed by atoms with Gasteiger partial charge in [-0.25, -0.2) is 0 Å². The van der Waals surface area contributed by atoms with Crippen LogP contribution in [0.4, 0.5) is 0 Å². The van der Waals surface area contributed by atoms with Gasteiger partial charge in [-0.3, -0.25) is 9.80 Å². The smallest absolute Gasteiger partial charge is 0.0385 e. The van der Waals surface area contributed by atoms with Crippen LogP contribution < -0.4 is 5.73 Å². The fourth-order valence-corrected chi connectivity index (χ4v) is 4.53. The molecule has 3 atom stereocenters. The molecule has 0 saturated carbocycles. The van der Waals surface area contributed by atoms with Gasteiger partial charge in [-0.2, -0.15) is 0 Å². The first kappa shape index (κ1) is 13.8. The Kier molecular flexibility index (Phi) is 3.87. The number of piperazine rings is 1. The Hall–Kier alpha value is -0.160. The van der Waals surface area contributed by atoms with E-state index in [1.54, 1.807) is 0 Å². The van der Waals surface area contributed by atoms with E-state index in [1.807, 2.05) is 0 Å². The fraction of sp³-hybridized carbons (Fsp3) is 1.00. The number of fused-ring (bicyclic) bond motifs is 2. The molecule has 0 aromatic carbocycles. The third kappa shape index (κ3) is 2.33. The van der Waals surface area contributed by atoms with E-state index >= 15 is 0 Å². The SMILES string of the molecule is CC(C)N1CCN(C2(CN)CCN3CCC2C3)CC1. The topological polar surface area (TPSA) is 35.7 Å². The molecule has 3 fully saturated rings. The molecule has 0 aromatic rings. The van der Waals surface area contributed by atoms with E-state index in [0.29, 0.717) is 11.6 Å². The molecule has 3 aliphatic rings. The summed E-state index contributed by atoms with van der Waals surface area (Å²) in [5.41, 5.74) is 6.59. The summed E-state index contributed by atoms with van der Waals surface area (Å²) >= 11 is 0. The van der Waals surface area contributed by atoms with Crippen molar-refractivity contribution in [2.75, 3.05) is 52.4 Å². The number of hydrogen-bond donors (Lipinski definition) is 1. The third-order valence-corrected chi connectivity index (χ3v) is 5.92. The van der Waals surface area contributed by atoms with Crippen LogP contribution in [0.3, 0.4) is 0 Å². The maximum absolute atomic E-state index is 6.27. The van der Waals surface area contributed by atoms with Gasteiger partial charge in [-0.15, -0.1) is 0 Å². The highest BCUT2D eigenvalue weighted by molar-refractivity contribution is 5.06. The normalized spacial score (nSPS) is 41.1. The summed E-state index contributed by atoms with van der Waals surface area (Å²) in [6.07, 6.45) is 2.65. The van der Waals surface area contributed by atoms with Crippen molar-refractivity contribution in [3.8, 4) is 0 Å². The van der Waals surface area contributed by atoms with Gasteiger partial charge in [0.2, 0.25) is 0 Å².